The van der Waals surface area contributed by atoms with E-state index in [0.29, 0.717) is 5.92 Å². The minimum Gasteiger partial charge on any atom is -0.333 e. The van der Waals surface area contributed by atoms with Gasteiger partial charge in [-0.2, -0.15) is 0 Å². The van der Waals surface area contributed by atoms with Gasteiger partial charge >= 0.3 is 0 Å². The Hall–Kier alpha value is -0.560. The molecule has 0 aromatic heterocycles. The van der Waals surface area contributed by atoms with Crippen LogP contribution in [0.25, 0.3) is 0 Å². The molecule has 0 aliphatic carbocycles. The van der Waals surface area contributed by atoms with E-state index in [-0.39, 0.29) is 0 Å². The van der Waals surface area contributed by atoms with E-state index < -0.39 is 0 Å². The van der Waals surface area contributed by atoms with Crippen LogP contribution < -0.4 is 5.73 Å². The average Bonchev–Trinajstić information content (AvgIpc) is 2.12. The highest BCUT2D eigenvalue weighted by molar-refractivity contribution is 5.15. The van der Waals surface area contributed by atoms with Crippen molar-refractivity contribution in [1.29, 1.82) is 0 Å². The Labute approximate surface area is 78.4 Å². The largest absolute Gasteiger partial charge is 0.333 e. The van der Waals surface area contributed by atoms with Gasteiger partial charge < -0.3 is 5.73 Å². The molecule has 12 heavy (non-hydrogen) atoms. The Balaban J connectivity index is -0.000000175. The summed E-state index contributed by atoms with van der Waals surface area (Å²) in [6, 6.07) is 0. The van der Waals surface area contributed by atoms with Gasteiger partial charge in [0.1, 0.15) is 0 Å². The number of hydrogen-bond donors (Lipinski definition) is 1. The van der Waals surface area contributed by atoms with Crippen molar-refractivity contribution in [3.63, 3.8) is 0 Å². The first-order chi connectivity index (χ1) is 5.68. The van der Waals surface area contributed by atoms with Crippen LogP contribution in [-0.2, 0) is 0 Å². The lowest BCUT2D eigenvalue weighted by Gasteiger charge is -2.00. The molecule has 0 bridgehead atoms. The van der Waals surface area contributed by atoms with Crippen LogP contribution in [0, 0.1) is 5.92 Å². The molecule has 0 fully saturated rings. The molecular formula is C11H25N. The molecule has 0 aromatic carbocycles. The maximum Gasteiger partial charge on any atom is -0.0195 e. The second-order valence-electron chi connectivity index (χ2n) is 2.23. The Bertz CT molecular complexity index is 102. The van der Waals surface area contributed by atoms with Crippen molar-refractivity contribution < 1.29 is 0 Å². The molecule has 0 radical (unpaired) electrons. The van der Waals surface area contributed by atoms with Crippen LogP contribution in [-0.4, -0.2) is 7.05 Å². The Morgan fingerprint density at radius 2 is 1.58 bits per heavy atom. The molecule has 0 heterocycles. The lowest BCUT2D eigenvalue weighted by atomic mass is 10.1. The molecule has 0 rings (SSSR count). The predicted octanol–water partition coefficient (Wildman–Crippen LogP) is 3.38. The highest BCUT2D eigenvalue weighted by Gasteiger charge is 1.91. The number of hydrogen-bond acceptors (Lipinski definition) is 1. The van der Waals surface area contributed by atoms with Crippen LogP contribution in [0.3, 0.4) is 0 Å². The molecule has 0 saturated carbocycles. The molecule has 0 saturated heterocycles. The van der Waals surface area contributed by atoms with E-state index >= 15 is 0 Å². The fourth-order valence-electron chi connectivity index (χ4n) is 0.407. The van der Waals surface area contributed by atoms with E-state index in [9.17, 15) is 0 Å². The van der Waals surface area contributed by atoms with Gasteiger partial charge in [0.05, 0.1) is 0 Å². The van der Waals surface area contributed by atoms with E-state index in [2.05, 4.69) is 26.2 Å². The number of nitrogens with two attached hydrogens (primary N) is 1. The van der Waals surface area contributed by atoms with Gasteiger partial charge in [-0.05, 0) is 19.9 Å². The minimum atomic E-state index is 0.589. The topological polar surface area (TPSA) is 26.0 Å². The fourth-order valence-corrected chi connectivity index (χ4v) is 0.407. The highest BCUT2D eigenvalue weighted by Crippen LogP contribution is 2.06. The van der Waals surface area contributed by atoms with Gasteiger partial charge in [0.15, 0.2) is 0 Å². The van der Waals surface area contributed by atoms with E-state index in [1.54, 1.807) is 0 Å². The molecule has 1 nitrogen and oxygen atoms in total. The Kier molecular flexibility index (Phi) is 24.5. The maximum absolute atomic E-state index is 4.50. The van der Waals surface area contributed by atoms with Gasteiger partial charge in [-0.3, -0.25) is 0 Å². The Morgan fingerprint density at radius 1 is 1.25 bits per heavy atom. The summed E-state index contributed by atoms with van der Waals surface area (Å²) < 4.78 is 0. The molecule has 2 N–H and O–H groups in total. The van der Waals surface area contributed by atoms with Gasteiger partial charge in [0, 0.05) is 0 Å². The molecule has 0 aliphatic rings. The first kappa shape index (κ1) is 17.5. The van der Waals surface area contributed by atoms with Gasteiger partial charge in [0.25, 0.3) is 0 Å². The monoisotopic (exact) mass is 171 g/mol. The van der Waals surface area contributed by atoms with E-state index in [0.717, 1.165) is 0 Å². The number of rotatable bonds is 2. The van der Waals surface area contributed by atoms with Crippen molar-refractivity contribution in [2.45, 2.75) is 34.6 Å². The third kappa shape index (κ3) is 16.2. The average molecular weight is 171 g/mol. The zero-order valence-corrected chi connectivity index (χ0v) is 9.52. The second-order valence-corrected chi connectivity index (χ2v) is 2.23. The van der Waals surface area contributed by atoms with Crippen LogP contribution in [0.4, 0.5) is 0 Å². The second kappa shape index (κ2) is 16.8. The van der Waals surface area contributed by atoms with E-state index in [4.69, 9.17) is 0 Å². The highest BCUT2D eigenvalue weighted by atomic mass is 14.4. The molecule has 0 atom stereocenters. The third-order valence-electron chi connectivity index (χ3n) is 1.12. The summed E-state index contributed by atoms with van der Waals surface area (Å²) in [6.45, 7) is 14.1. The zero-order valence-electron chi connectivity index (χ0n) is 9.52. The normalized spacial score (nSPS) is 8.33. The van der Waals surface area contributed by atoms with Crippen molar-refractivity contribution in [3.8, 4) is 0 Å². The standard InChI is InChI=1S/C8H14.C2H6.CH5N/c1-5-6-8(4)7(2)3;2*1-2/h5-7H,4H2,1-3H3;1-2H3;2H2,1H3/b6-5-;;. The van der Waals surface area contributed by atoms with Crippen LogP contribution >= 0.6 is 0 Å². The van der Waals surface area contributed by atoms with Crippen LogP contribution in [0.1, 0.15) is 34.6 Å². The number of allylic oxidation sites excluding steroid dienone is 3. The summed E-state index contributed by atoms with van der Waals surface area (Å²) >= 11 is 0. The quantitative estimate of drug-likeness (QED) is 0.633. The third-order valence-corrected chi connectivity index (χ3v) is 1.12. The smallest absolute Gasteiger partial charge is 0.0195 e. The van der Waals surface area contributed by atoms with Crippen LogP contribution in [0.2, 0.25) is 0 Å². The molecule has 0 unspecified atom stereocenters. The van der Waals surface area contributed by atoms with Crippen molar-refractivity contribution >= 4 is 0 Å². The maximum atomic E-state index is 4.50. The summed E-state index contributed by atoms with van der Waals surface area (Å²) in [6.07, 6.45) is 4.06. The molecule has 74 valence electrons. The molecule has 1 heteroatoms. The first-order valence-corrected chi connectivity index (χ1v) is 4.57. The first-order valence-electron chi connectivity index (χ1n) is 4.57. The molecular weight excluding hydrogens is 146 g/mol. The van der Waals surface area contributed by atoms with Crippen molar-refractivity contribution in [3.05, 3.63) is 24.3 Å². The van der Waals surface area contributed by atoms with E-state index in [1.165, 1.54) is 12.6 Å². The van der Waals surface area contributed by atoms with Crippen LogP contribution in [0.15, 0.2) is 24.3 Å². The fraction of sp³-hybridized carbons (Fsp3) is 0.636. The Morgan fingerprint density at radius 3 is 1.67 bits per heavy atom. The van der Waals surface area contributed by atoms with Gasteiger partial charge in [-0.1, -0.05) is 52.0 Å². The summed E-state index contributed by atoms with van der Waals surface area (Å²) in [7, 11) is 1.50. The molecule has 0 spiro atoms. The molecule has 0 amide bonds. The van der Waals surface area contributed by atoms with Crippen LogP contribution in [0.5, 0.6) is 0 Å². The van der Waals surface area contributed by atoms with Crippen molar-refractivity contribution in [1.82, 2.24) is 0 Å². The van der Waals surface area contributed by atoms with Gasteiger partial charge in [-0.15, -0.1) is 0 Å². The van der Waals surface area contributed by atoms with Gasteiger partial charge in [0.2, 0.25) is 0 Å². The van der Waals surface area contributed by atoms with Gasteiger partial charge in [-0.25, -0.2) is 0 Å². The van der Waals surface area contributed by atoms with E-state index in [1.807, 2.05) is 32.9 Å². The zero-order chi connectivity index (χ0) is 10.6. The lowest BCUT2D eigenvalue weighted by Crippen LogP contribution is -1.86. The lowest BCUT2D eigenvalue weighted by molar-refractivity contribution is 0.795. The van der Waals surface area contributed by atoms with Crippen molar-refractivity contribution in [2.75, 3.05) is 7.05 Å². The summed E-state index contributed by atoms with van der Waals surface area (Å²) in [5.74, 6) is 0.589. The molecule has 0 aliphatic heterocycles. The van der Waals surface area contributed by atoms with Crippen molar-refractivity contribution in [2.24, 2.45) is 11.7 Å². The summed E-state index contributed by atoms with van der Waals surface area (Å²) in [4.78, 5) is 0. The summed E-state index contributed by atoms with van der Waals surface area (Å²) in [5.41, 5.74) is 5.70. The molecule has 0 aromatic rings. The summed E-state index contributed by atoms with van der Waals surface area (Å²) in [5, 5.41) is 0. The SMILES string of the molecule is C=C(/C=C\C)C(C)C.CC.CN. The minimum absolute atomic E-state index is 0.589. The predicted molar refractivity (Wildman–Crippen MR) is 60.3 cm³/mol.